The zero-order valence-corrected chi connectivity index (χ0v) is 12.1. The van der Waals surface area contributed by atoms with Gasteiger partial charge in [-0.2, -0.15) is 0 Å². The molecule has 3 heteroatoms. The summed E-state index contributed by atoms with van der Waals surface area (Å²) in [4.78, 5) is 0. The number of phenolic OH excluding ortho intramolecular Hbond substituents is 1. The van der Waals surface area contributed by atoms with Gasteiger partial charge < -0.3 is 15.2 Å². The number of hydrogen-bond donors (Lipinski definition) is 2. The van der Waals surface area contributed by atoms with Crippen molar-refractivity contribution in [1.29, 1.82) is 0 Å². The Bertz CT molecular complexity index is 577. The maximum absolute atomic E-state index is 10.4. The summed E-state index contributed by atoms with van der Waals surface area (Å²) in [5.41, 5.74) is 2.06. The van der Waals surface area contributed by atoms with Crippen LogP contribution in [0.15, 0.2) is 48.5 Å². The predicted molar refractivity (Wildman–Crippen MR) is 83.6 cm³/mol. The lowest BCUT2D eigenvalue weighted by Crippen LogP contribution is -2.23. The number of hydrogen-bond acceptors (Lipinski definition) is 3. The second kappa shape index (κ2) is 6.64. The summed E-state index contributed by atoms with van der Waals surface area (Å²) in [6.07, 6.45) is 3.25. The molecular weight excluding hydrogens is 262 g/mol. The van der Waals surface area contributed by atoms with Crippen LogP contribution < -0.4 is 10.1 Å². The van der Waals surface area contributed by atoms with Crippen molar-refractivity contribution in [3.63, 3.8) is 0 Å². The second-order valence-corrected chi connectivity index (χ2v) is 5.54. The summed E-state index contributed by atoms with van der Waals surface area (Å²) in [5, 5.41) is 13.8. The van der Waals surface area contributed by atoms with Gasteiger partial charge in [0.25, 0.3) is 0 Å². The van der Waals surface area contributed by atoms with Crippen molar-refractivity contribution in [1.82, 2.24) is 5.32 Å². The van der Waals surface area contributed by atoms with Gasteiger partial charge in [0.1, 0.15) is 6.61 Å². The van der Waals surface area contributed by atoms with E-state index < -0.39 is 0 Å². The van der Waals surface area contributed by atoms with Gasteiger partial charge in [0.15, 0.2) is 11.5 Å². The molecule has 3 nitrogen and oxygen atoms in total. The molecule has 21 heavy (non-hydrogen) atoms. The quantitative estimate of drug-likeness (QED) is 0.885. The van der Waals surface area contributed by atoms with E-state index in [9.17, 15) is 5.11 Å². The number of rotatable bonds is 5. The molecule has 110 valence electrons. The molecule has 0 radical (unpaired) electrons. The first kappa shape index (κ1) is 14.0. The normalized spacial score (nSPS) is 17.8. The van der Waals surface area contributed by atoms with Crippen molar-refractivity contribution in [2.45, 2.75) is 31.9 Å². The summed E-state index contributed by atoms with van der Waals surface area (Å²) in [6.45, 7) is 1.55. The van der Waals surface area contributed by atoms with Gasteiger partial charge in [0.05, 0.1) is 0 Å². The predicted octanol–water partition coefficient (Wildman–Crippen LogP) is 3.27. The second-order valence-electron chi connectivity index (χ2n) is 5.54. The first-order valence-corrected chi connectivity index (χ1v) is 7.54. The van der Waals surface area contributed by atoms with Gasteiger partial charge in [-0.25, -0.2) is 0 Å². The first-order chi connectivity index (χ1) is 10.3. The highest BCUT2D eigenvalue weighted by molar-refractivity contribution is 5.46. The monoisotopic (exact) mass is 283 g/mol. The van der Waals surface area contributed by atoms with Crippen LogP contribution in [-0.2, 0) is 13.0 Å². The van der Waals surface area contributed by atoms with Gasteiger partial charge in [-0.3, -0.25) is 0 Å². The van der Waals surface area contributed by atoms with E-state index in [1.54, 1.807) is 0 Å². The van der Waals surface area contributed by atoms with Crippen molar-refractivity contribution in [2.24, 2.45) is 0 Å². The van der Waals surface area contributed by atoms with Crippen LogP contribution in [0, 0.1) is 0 Å². The molecule has 2 aromatic rings. The van der Waals surface area contributed by atoms with Crippen molar-refractivity contribution in [3.8, 4) is 11.5 Å². The Hall–Kier alpha value is -2.00. The van der Waals surface area contributed by atoms with E-state index in [1.807, 2.05) is 48.5 Å². The minimum Gasteiger partial charge on any atom is -0.504 e. The number of para-hydroxylation sites is 1. The van der Waals surface area contributed by atoms with Crippen molar-refractivity contribution >= 4 is 0 Å². The van der Waals surface area contributed by atoms with Gasteiger partial charge >= 0.3 is 0 Å². The zero-order valence-electron chi connectivity index (χ0n) is 12.1. The van der Waals surface area contributed by atoms with Gasteiger partial charge in [-0.05, 0) is 43.0 Å². The van der Waals surface area contributed by atoms with E-state index in [0.29, 0.717) is 18.4 Å². The molecule has 0 amide bonds. The number of ether oxygens (including phenoxy) is 1. The standard InChI is InChI=1S/C18H21NO2/c20-18-15(12-16-9-5-11-19-16)8-4-10-17(18)21-13-14-6-2-1-3-7-14/h1-4,6-8,10,16,19-20H,5,9,11-13H2. The molecule has 1 heterocycles. The minimum absolute atomic E-state index is 0.280. The van der Waals surface area contributed by atoms with Crippen molar-refractivity contribution in [2.75, 3.05) is 6.54 Å². The molecule has 1 atom stereocenters. The van der Waals surface area contributed by atoms with Crippen LogP contribution in [0.3, 0.4) is 0 Å². The van der Waals surface area contributed by atoms with Gasteiger partial charge in [0.2, 0.25) is 0 Å². The van der Waals surface area contributed by atoms with Crippen LogP contribution >= 0.6 is 0 Å². The third kappa shape index (κ3) is 3.56. The third-order valence-electron chi connectivity index (χ3n) is 3.95. The van der Waals surface area contributed by atoms with Gasteiger partial charge in [0, 0.05) is 6.04 Å². The lowest BCUT2D eigenvalue weighted by atomic mass is 10.0. The number of aromatic hydroxyl groups is 1. The Morgan fingerprint density at radius 2 is 1.95 bits per heavy atom. The molecule has 0 bridgehead atoms. The smallest absolute Gasteiger partial charge is 0.161 e. The molecule has 1 saturated heterocycles. The molecule has 0 aliphatic carbocycles. The molecule has 0 saturated carbocycles. The Labute approximate surface area is 125 Å². The van der Waals surface area contributed by atoms with E-state index >= 15 is 0 Å². The van der Waals surface area contributed by atoms with Crippen LogP contribution in [0.2, 0.25) is 0 Å². The van der Waals surface area contributed by atoms with Gasteiger partial charge in [-0.15, -0.1) is 0 Å². The molecule has 2 N–H and O–H groups in total. The maximum Gasteiger partial charge on any atom is 0.161 e. The highest BCUT2D eigenvalue weighted by Gasteiger charge is 2.17. The summed E-state index contributed by atoms with van der Waals surface area (Å²) < 4.78 is 5.76. The molecule has 2 aromatic carbocycles. The van der Waals surface area contributed by atoms with E-state index in [-0.39, 0.29) is 5.75 Å². The van der Waals surface area contributed by atoms with Crippen molar-refractivity contribution in [3.05, 3.63) is 59.7 Å². The van der Waals surface area contributed by atoms with E-state index in [0.717, 1.165) is 24.1 Å². The molecule has 1 aliphatic rings. The minimum atomic E-state index is 0.280. The molecule has 1 fully saturated rings. The topological polar surface area (TPSA) is 41.5 Å². The Balaban J connectivity index is 1.67. The average molecular weight is 283 g/mol. The lowest BCUT2D eigenvalue weighted by molar-refractivity contribution is 0.287. The fourth-order valence-electron chi connectivity index (χ4n) is 2.78. The largest absolute Gasteiger partial charge is 0.504 e. The lowest BCUT2D eigenvalue weighted by Gasteiger charge is -2.14. The molecule has 0 spiro atoms. The molecule has 0 aromatic heterocycles. The summed E-state index contributed by atoms with van der Waals surface area (Å²) in [6, 6.07) is 16.2. The summed E-state index contributed by atoms with van der Waals surface area (Å²) >= 11 is 0. The van der Waals surface area contributed by atoms with Crippen LogP contribution in [0.4, 0.5) is 0 Å². The fourth-order valence-corrected chi connectivity index (χ4v) is 2.78. The van der Waals surface area contributed by atoms with Crippen LogP contribution in [0.25, 0.3) is 0 Å². The van der Waals surface area contributed by atoms with E-state index in [2.05, 4.69) is 5.32 Å². The molecule has 1 aliphatic heterocycles. The SMILES string of the molecule is Oc1c(CC2CCCN2)cccc1OCc1ccccc1. The van der Waals surface area contributed by atoms with Crippen molar-refractivity contribution < 1.29 is 9.84 Å². The summed E-state index contributed by atoms with van der Waals surface area (Å²) in [7, 11) is 0. The summed E-state index contributed by atoms with van der Waals surface area (Å²) in [5.74, 6) is 0.844. The Morgan fingerprint density at radius 1 is 1.10 bits per heavy atom. The Kier molecular flexibility index (Phi) is 4.41. The number of phenols is 1. The van der Waals surface area contributed by atoms with E-state index in [1.165, 1.54) is 12.8 Å². The van der Waals surface area contributed by atoms with Crippen LogP contribution in [0.5, 0.6) is 11.5 Å². The highest BCUT2D eigenvalue weighted by atomic mass is 16.5. The van der Waals surface area contributed by atoms with Crippen LogP contribution in [0.1, 0.15) is 24.0 Å². The van der Waals surface area contributed by atoms with Gasteiger partial charge in [-0.1, -0.05) is 42.5 Å². The number of nitrogens with one attached hydrogen (secondary N) is 1. The highest BCUT2D eigenvalue weighted by Crippen LogP contribution is 2.32. The maximum atomic E-state index is 10.4. The Morgan fingerprint density at radius 3 is 2.71 bits per heavy atom. The fraction of sp³-hybridized carbons (Fsp3) is 0.333. The third-order valence-corrected chi connectivity index (χ3v) is 3.95. The van der Waals surface area contributed by atoms with Crippen LogP contribution in [-0.4, -0.2) is 17.7 Å². The zero-order chi connectivity index (χ0) is 14.5. The van der Waals surface area contributed by atoms with E-state index in [4.69, 9.17) is 4.74 Å². The first-order valence-electron chi connectivity index (χ1n) is 7.54. The average Bonchev–Trinajstić information content (AvgIpc) is 3.02. The molecular formula is C18H21NO2. The molecule has 1 unspecified atom stereocenters. The molecule has 3 rings (SSSR count). The number of benzene rings is 2.